The van der Waals surface area contributed by atoms with Crippen LogP contribution in [0.15, 0.2) is 24.3 Å². The minimum Gasteiger partial charge on any atom is -0.336 e. The topological polar surface area (TPSA) is 58.4 Å². The van der Waals surface area contributed by atoms with Gasteiger partial charge in [-0.15, -0.1) is 0 Å². The molecule has 0 aromatic heterocycles. The average Bonchev–Trinajstić information content (AvgIpc) is 3.23. The summed E-state index contributed by atoms with van der Waals surface area (Å²) in [5, 5.41) is 0. The Hall–Kier alpha value is -1.55. The summed E-state index contributed by atoms with van der Waals surface area (Å²) >= 11 is 0. The van der Waals surface area contributed by atoms with Crippen LogP contribution in [0.5, 0.6) is 0 Å². The number of hydrogen-bond acceptors (Lipinski definition) is 3. The normalized spacial score (nSPS) is 14.5. The molecule has 0 bridgehead atoms. The number of nitrogen functional groups attached to an aromatic ring is 1. The van der Waals surface area contributed by atoms with Gasteiger partial charge in [-0.1, -0.05) is 13.8 Å². The molecule has 0 spiro atoms. The molecule has 19 heavy (non-hydrogen) atoms. The number of hydrazine groups is 1. The summed E-state index contributed by atoms with van der Waals surface area (Å²) in [5.74, 6) is 6.10. The average molecular weight is 261 g/mol. The summed E-state index contributed by atoms with van der Waals surface area (Å²) in [6.07, 6.45) is 3.35. The molecule has 0 aliphatic heterocycles. The molecule has 1 aromatic carbocycles. The van der Waals surface area contributed by atoms with E-state index in [4.69, 9.17) is 5.84 Å². The third-order valence-corrected chi connectivity index (χ3v) is 3.49. The molecular weight excluding hydrogens is 238 g/mol. The first-order chi connectivity index (χ1) is 9.11. The predicted molar refractivity (Wildman–Crippen MR) is 77.8 cm³/mol. The van der Waals surface area contributed by atoms with E-state index in [0.717, 1.165) is 37.1 Å². The number of benzene rings is 1. The Kier molecular flexibility index (Phi) is 4.43. The molecule has 104 valence electrons. The number of rotatable bonds is 6. The van der Waals surface area contributed by atoms with Gasteiger partial charge in [-0.2, -0.15) is 0 Å². The van der Waals surface area contributed by atoms with Gasteiger partial charge in [0.05, 0.1) is 0 Å². The lowest BCUT2D eigenvalue weighted by Crippen LogP contribution is -2.34. The highest BCUT2D eigenvalue weighted by Crippen LogP contribution is 2.29. The van der Waals surface area contributed by atoms with E-state index < -0.39 is 0 Å². The van der Waals surface area contributed by atoms with Gasteiger partial charge in [0.1, 0.15) is 0 Å². The highest BCUT2D eigenvalue weighted by Gasteiger charge is 2.32. The summed E-state index contributed by atoms with van der Waals surface area (Å²) in [7, 11) is 0. The van der Waals surface area contributed by atoms with Crippen LogP contribution in [0.4, 0.5) is 5.69 Å². The summed E-state index contributed by atoms with van der Waals surface area (Å²) < 4.78 is 0. The first kappa shape index (κ1) is 13.9. The minimum absolute atomic E-state index is 0.145. The Morgan fingerprint density at radius 1 is 1.37 bits per heavy atom. The molecule has 1 amide bonds. The fourth-order valence-electron chi connectivity index (χ4n) is 2.11. The van der Waals surface area contributed by atoms with E-state index in [2.05, 4.69) is 19.3 Å². The van der Waals surface area contributed by atoms with Crippen LogP contribution in [-0.2, 0) is 0 Å². The maximum Gasteiger partial charge on any atom is 0.254 e. The van der Waals surface area contributed by atoms with Crippen molar-refractivity contribution >= 4 is 11.6 Å². The van der Waals surface area contributed by atoms with E-state index in [1.807, 2.05) is 29.2 Å². The van der Waals surface area contributed by atoms with Crippen LogP contribution in [-0.4, -0.2) is 23.4 Å². The van der Waals surface area contributed by atoms with Crippen molar-refractivity contribution in [2.75, 3.05) is 12.0 Å². The zero-order valence-electron chi connectivity index (χ0n) is 11.7. The molecule has 0 radical (unpaired) electrons. The van der Waals surface area contributed by atoms with Crippen LogP contribution in [0.3, 0.4) is 0 Å². The minimum atomic E-state index is 0.145. The van der Waals surface area contributed by atoms with Crippen LogP contribution < -0.4 is 11.3 Å². The Morgan fingerprint density at radius 3 is 2.47 bits per heavy atom. The van der Waals surface area contributed by atoms with Gasteiger partial charge in [0.2, 0.25) is 0 Å². The third kappa shape index (κ3) is 3.70. The molecule has 1 fully saturated rings. The highest BCUT2D eigenvalue weighted by atomic mass is 16.2. The Bertz CT molecular complexity index is 424. The van der Waals surface area contributed by atoms with Gasteiger partial charge >= 0.3 is 0 Å². The molecule has 1 aliphatic carbocycles. The quantitative estimate of drug-likeness (QED) is 0.611. The number of nitrogens with two attached hydrogens (primary N) is 1. The van der Waals surface area contributed by atoms with Crippen molar-refractivity contribution in [1.82, 2.24) is 4.90 Å². The van der Waals surface area contributed by atoms with Gasteiger partial charge in [0.25, 0.3) is 5.91 Å². The standard InChI is InChI=1S/C15H23N3O/c1-11(2)9-10-18(14-7-8-14)15(19)12-3-5-13(17-16)6-4-12/h3-6,11,14,17H,7-10,16H2,1-2H3. The molecule has 1 aromatic rings. The van der Waals surface area contributed by atoms with Crippen LogP contribution in [0.2, 0.25) is 0 Å². The maximum absolute atomic E-state index is 12.5. The lowest BCUT2D eigenvalue weighted by molar-refractivity contribution is 0.0735. The number of carbonyl (C=O) groups excluding carboxylic acids is 1. The van der Waals surface area contributed by atoms with E-state index in [1.54, 1.807) is 0 Å². The number of nitrogens with zero attached hydrogens (tertiary/aromatic N) is 1. The lowest BCUT2D eigenvalue weighted by atomic mass is 10.1. The molecule has 2 rings (SSSR count). The van der Waals surface area contributed by atoms with Crippen molar-refractivity contribution in [3.8, 4) is 0 Å². The van der Waals surface area contributed by atoms with Gasteiger partial charge in [0.15, 0.2) is 0 Å². The lowest BCUT2D eigenvalue weighted by Gasteiger charge is -2.23. The first-order valence-corrected chi connectivity index (χ1v) is 6.99. The third-order valence-electron chi connectivity index (χ3n) is 3.49. The SMILES string of the molecule is CC(C)CCN(C(=O)c1ccc(NN)cc1)C1CC1. The summed E-state index contributed by atoms with van der Waals surface area (Å²) in [4.78, 5) is 14.5. The van der Waals surface area contributed by atoms with Crippen molar-refractivity contribution in [3.63, 3.8) is 0 Å². The van der Waals surface area contributed by atoms with E-state index in [1.165, 1.54) is 0 Å². The smallest absolute Gasteiger partial charge is 0.254 e. The zero-order chi connectivity index (χ0) is 13.8. The number of anilines is 1. The van der Waals surface area contributed by atoms with Crippen LogP contribution >= 0.6 is 0 Å². The van der Waals surface area contributed by atoms with Crippen molar-refractivity contribution < 1.29 is 4.79 Å². The second-order valence-corrected chi connectivity index (χ2v) is 5.63. The summed E-state index contributed by atoms with van der Waals surface area (Å²) in [6, 6.07) is 7.80. The Balaban J connectivity index is 2.05. The Labute approximate surface area is 114 Å². The maximum atomic E-state index is 12.5. The van der Waals surface area contributed by atoms with Crippen LogP contribution in [0, 0.1) is 5.92 Å². The molecule has 0 heterocycles. The number of hydrogen-bond donors (Lipinski definition) is 2. The van der Waals surface area contributed by atoms with Crippen molar-refractivity contribution in [3.05, 3.63) is 29.8 Å². The van der Waals surface area contributed by atoms with Crippen molar-refractivity contribution in [2.45, 2.75) is 39.2 Å². The van der Waals surface area contributed by atoms with E-state index in [0.29, 0.717) is 12.0 Å². The van der Waals surface area contributed by atoms with Gasteiger partial charge < -0.3 is 10.3 Å². The molecule has 3 N–H and O–H groups in total. The van der Waals surface area contributed by atoms with Gasteiger partial charge in [0, 0.05) is 23.8 Å². The first-order valence-electron chi connectivity index (χ1n) is 6.99. The van der Waals surface area contributed by atoms with E-state index >= 15 is 0 Å². The Morgan fingerprint density at radius 2 is 2.00 bits per heavy atom. The monoisotopic (exact) mass is 261 g/mol. The van der Waals surface area contributed by atoms with E-state index in [9.17, 15) is 4.79 Å². The predicted octanol–water partition coefficient (Wildman–Crippen LogP) is 2.62. The highest BCUT2D eigenvalue weighted by molar-refractivity contribution is 5.95. The summed E-state index contributed by atoms with van der Waals surface area (Å²) in [5.41, 5.74) is 4.13. The van der Waals surface area contributed by atoms with E-state index in [-0.39, 0.29) is 5.91 Å². The molecule has 0 saturated heterocycles. The van der Waals surface area contributed by atoms with Crippen LogP contribution in [0.1, 0.15) is 43.5 Å². The second-order valence-electron chi connectivity index (χ2n) is 5.63. The van der Waals surface area contributed by atoms with Gasteiger partial charge in [-0.05, 0) is 49.4 Å². The fourth-order valence-corrected chi connectivity index (χ4v) is 2.11. The molecule has 4 heteroatoms. The summed E-state index contributed by atoms with van der Waals surface area (Å²) in [6.45, 7) is 5.24. The zero-order valence-corrected chi connectivity index (χ0v) is 11.7. The van der Waals surface area contributed by atoms with Crippen molar-refractivity contribution in [1.29, 1.82) is 0 Å². The largest absolute Gasteiger partial charge is 0.336 e. The molecule has 0 unspecified atom stereocenters. The molecule has 4 nitrogen and oxygen atoms in total. The second kappa shape index (κ2) is 6.06. The molecule has 0 atom stereocenters. The molecular formula is C15H23N3O. The number of carbonyl (C=O) groups is 1. The number of amides is 1. The van der Waals surface area contributed by atoms with Crippen molar-refractivity contribution in [2.24, 2.45) is 11.8 Å². The van der Waals surface area contributed by atoms with Gasteiger partial charge in [-0.3, -0.25) is 10.6 Å². The molecule has 1 saturated carbocycles. The van der Waals surface area contributed by atoms with Gasteiger partial charge in [-0.25, -0.2) is 0 Å². The van der Waals surface area contributed by atoms with Crippen LogP contribution in [0.25, 0.3) is 0 Å². The number of nitrogens with one attached hydrogen (secondary N) is 1. The fraction of sp³-hybridized carbons (Fsp3) is 0.533. The molecule has 1 aliphatic rings.